The molecule has 3 rings (SSSR count). The van der Waals surface area contributed by atoms with Gasteiger partial charge in [-0.15, -0.1) is 0 Å². The van der Waals surface area contributed by atoms with Gasteiger partial charge in [0.05, 0.1) is 0 Å². The number of aryl methyl sites for hydroxylation is 1. The van der Waals surface area contributed by atoms with Gasteiger partial charge >= 0.3 is 0 Å². The number of pyridine rings is 1. The van der Waals surface area contributed by atoms with Crippen LogP contribution in [0.25, 0.3) is 0 Å². The summed E-state index contributed by atoms with van der Waals surface area (Å²) >= 11 is 0. The number of nitrogens with one attached hydrogen (secondary N) is 1. The molecule has 0 aliphatic rings. The van der Waals surface area contributed by atoms with Crippen molar-refractivity contribution >= 4 is 18.5 Å². The minimum absolute atomic E-state index is 0.285. The summed E-state index contributed by atoms with van der Waals surface area (Å²) in [5.41, 5.74) is 1.40. The topological polar surface area (TPSA) is 14.1 Å². The zero-order valence-corrected chi connectivity index (χ0v) is 12.8. The van der Waals surface area contributed by atoms with Crippen LogP contribution in [-0.4, -0.2) is 6.16 Å². The van der Waals surface area contributed by atoms with Gasteiger partial charge in [-0.1, -0.05) is 60.7 Å². The van der Waals surface area contributed by atoms with Crippen molar-refractivity contribution in [1.82, 2.24) is 0 Å². The minimum Gasteiger partial charge on any atom is -0.218 e. The van der Waals surface area contributed by atoms with Crippen molar-refractivity contribution in [2.45, 2.75) is 6.42 Å². The average Bonchev–Trinajstić information content (AvgIpc) is 2.58. The molecule has 3 aromatic rings. The van der Waals surface area contributed by atoms with Crippen LogP contribution in [0, 0.1) is 0 Å². The Bertz CT molecular complexity index is 613. The van der Waals surface area contributed by atoms with E-state index >= 15 is 0 Å². The molecule has 0 aliphatic heterocycles. The van der Waals surface area contributed by atoms with Crippen LogP contribution in [0.15, 0.2) is 85.2 Å². The molecule has 0 atom stereocenters. The van der Waals surface area contributed by atoms with Crippen LogP contribution in [0.3, 0.4) is 0 Å². The number of aromatic amines is 1. The van der Waals surface area contributed by atoms with Crippen molar-refractivity contribution in [2.75, 3.05) is 6.16 Å². The van der Waals surface area contributed by atoms with Gasteiger partial charge in [0.1, 0.15) is 0 Å². The standard InChI is InChI=1S/C19H18NP/c1-3-7-18(8-4-1)21(19-9-5-2-6-10-19)16-13-17-11-14-20-15-12-17/h1-12,14-15H,13,16H2/p+1. The summed E-state index contributed by atoms with van der Waals surface area (Å²) in [6, 6.07) is 26.1. The van der Waals surface area contributed by atoms with Crippen molar-refractivity contribution in [2.24, 2.45) is 0 Å². The molecule has 0 unspecified atom stereocenters. The zero-order chi connectivity index (χ0) is 14.3. The maximum absolute atomic E-state index is 3.09. The fourth-order valence-electron chi connectivity index (χ4n) is 2.45. The predicted molar refractivity (Wildman–Crippen MR) is 90.6 cm³/mol. The van der Waals surface area contributed by atoms with Gasteiger partial charge in [-0.25, -0.2) is 4.98 Å². The number of hydrogen-bond acceptors (Lipinski definition) is 0. The number of rotatable bonds is 5. The smallest absolute Gasteiger partial charge is 0.167 e. The van der Waals surface area contributed by atoms with E-state index in [4.69, 9.17) is 0 Å². The van der Waals surface area contributed by atoms with Crippen molar-refractivity contribution in [3.63, 3.8) is 0 Å². The summed E-state index contributed by atoms with van der Waals surface area (Å²) in [6.45, 7) is 0. The summed E-state index contributed by atoms with van der Waals surface area (Å²) in [4.78, 5) is 3.09. The highest BCUT2D eigenvalue weighted by Gasteiger charge is 2.13. The second kappa shape index (κ2) is 7.15. The lowest BCUT2D eigenvalue weighted by Crippen LogP contribution is -2.15. The van der Waals surface area contributed by atoms with E-state index in [1.165, 1.54) is 22.3 Å². The second-order valence-electron chi connectivity index (χ2n) is 4.98. The molecule has 1 heterocycles. The third kappa shape index (κ3) is 3.77. The Kier molecular flexibility index (Phi) is 4.76. The first-order valence-electron chi connectivity index (χ1n) is 7.26. The van der Waals surface area contributed by atoms with E-state index in [0.29, 0.717) is 0 Å². The van der Waals surface area contributed by atoms with E-state index < -0.39 is 0 Å². The Morgan fingerprint density at radius 1 is 0.667 bits per heavy atom. The Balaban J connectivity index is 1.83. The van der Waals surface area contributed by atoms with Crippen LogP contribution in [0.2, 0.25) is 0 Å². The van der Waals surface area contributed by atoms with Gasteiger partial charge in [-0.2, -0.15) is 0 Å². The molecule has 1 N–H and O–H groups in total. The van der Waals surface area contributed by atoms with E-state index in [1.807, 2.05) is 12.4 Å². The molecule has 0 radical (unpaired) electrons. The van der Waals surface area contributed by atoms with Crippen LogP contribution >= 0.6 is 7.92 Å². The summed E-state index contributed by atoms with van der Waals surface area (Å²) in [5, 5.41) is 2.92. The second-order valence-corrected chi connectivity index (χ2v) is 7.32. The molecular weight excluding hydrogens is 273 g/mol. The monoisotopic (exact) mass is 292 g/mol. The molecule has 1 aromatic heterocycles. The third-order valence-corrected chi connectivity index (χ3v) is 6.06. The summed E-state index contributed by atoms with van der Waals surface area (Å²) in [6.07, 6.45) is 6.31. The van der Waals surface area contributed by atoms with Gasteiger partial charge in [0, 0.05) is 12.1 Å². The fraction of sp³-hybridized carbons (Fsp3) is 0.105. The van der Waals surface area contributed by atoms with Gasteiger partial charge in [0.15, 0.2) is 12.4 Å². The highest BCUT2D eigenvalue weighted by molar-refractivity contribution is 7.73. The lowest BCUT2D eigenvalue weighted by Gasteiger charge is -2.18. The Morgan fingerprint density at radius 3 is 1.71 bits per heavy atom. The molecule has 0 bridgehead atoms. The molecule has 0 saturated heterocycles. The molecule has 0 aliphatic carbocycles. The first-order chi connectivity index (χ1) is 10.4. The molecule has 1 nitrogen and oxygen atoms in total. The van der Waals surface area contributed by atoms with Crippen LogP contribution in [0.1, 0.15) is 5.56 Å². The lowest BCUT2D eigenvalue weighted by molar-refractivity contribution is -0.378. The molecule has 0 amide bonds. The molecule has 104 valence electrons. The van der Waals surface area contributed by atoms with Gasteiger partial charge in [-0.3, -0.25) is 0 Å². The zero-order valence-electron chi connectivity index (χ0n) is 11.9. The van der Waals surface area contributed by atoms with Crippen molar-refractivity contribution in [3.8, 4) is 0 Å². The molecule has 0 saturated carbocycles. The third-order valence-electron chi connectivity index (χ3n) is 3.55. The maximum atomic E-state index is 3.09. The van der Waals surface area contributed by atoms with Crippen LogP contribution in [0.5, 0.6) is 0 Å². The minimum atomic E-state index is -0.285. The molecular formula is C19H19NP+. The molecule has 2 aromatic carbocycles. The van der Waals surface area contributed by atoms with Crippen LogP contribution in [0.4, 0.5) is 0 Å². The quantitative estimate of drug-likeness (QED) is 0.641. The Hall–Kier alpha value is -1.98. The summed E-state index contributed by atoms with van der Waals surface area (Å²) < 4.78 is 0. The first kappa shape index (κ1) is 14.0. The van der Waals surface area contributed by atoms with Crippen LogP contribution in [-0.2, 0) is 6.42 Å². The first-order valence-corrected chi connectivity index (χ1v) is 8.79. The van der Waals surface area contributed by atoms with Crippen LogP contribution < -0.4 is 15.6 Å². The lowest BCUT2D eigenvalue weighted by atomic mass is 10.2. The molecule has 21 heavy (non-hydrogen) atoms. The van der Waals surface area contributed by atoms with Gasteiger partial charge in [-0.05, 0) is 36.7 Å². The average molecular weight is 292 g/mol. The number of H-pyrrole nitrogens is 1. The Morgan fingerprint density at radius 2 is 1.19 bits per heavy atom. The van der Waals surface area contributed by atoms with Crippen molar-refractivity contribution in [3.05, 3.63) is 90.8 Å². The summed E-state index contributed by atoms with van der Waals surface area (Å²) in [5.74, 6) is 0. The highest BCUT2D eigenvalue weighted by atomic mass is 31.1. The normalized spacial score (nSPS) is 10.7. The van der Waals surface area contributed by atoms with E-state index in [2.05, 4.69) is 77.8 Å². The number of aromatic nitrogens is 1. The van der Waals surface area contributed by atoms with Gasteiger partial charge in [0.2, 0.25) is 0 Å². The maximum Gasteiger partial charge on any atom is 0.167 e. The van der Waals surface area contributed by atoms with E-state index in [0.717, 1.165) is 6.42 Å². The predicted octanol–water partition coefficient (Wildman–Crippen LogP) is 3.18. The van der Waals surface area contributed by atoms with Gasteiger partial charge < -0.3 is 0 Å². The SMILES string of the molecule is c1ccc(P(CCc2cc[nH+]cc2)c2ccccc2)cc1. The molecule has 0 spiro atoms. The Labute approximate surface area is 127 Å². The van der Waals surface area contributed by atoms with Crippen molar-refractivity contribution in [1.29, 1.82) is 0 Å². The van der Waals surface area contributed by atoms with E-state index in [9.17, 15) is 0 Å². The number of benzene rings is 2. The fourth-order valence-corrected chi connectivity index (χ4v) is 4.81. The van der Waals surface area contributed by atoms with E-state index in [-0.39, 0.29) is 7.92 Å². The van der Waals surface area contributed by atoms with E-state index in [1.54, 1.807) is 0 Å². The number of hydrogen-bond donors (Lipinski definition) is 0. The molecule has 0 fully saturated rings. The van der Waals surface area contributed by atoms with Gasteiger partial charge in [0.25, 0.3) is 0 Å². The highest BCUT2D eigenvalue weighted by Crippen LogP contribution is 2.33. The van der Waals surface area contributed by atoms with Crippen molar-refractivity contribution < 1.29 is 4.98 Å². The summed E-state index contributed by atoms with van der Waals surface area (Å²) in [7, 11) is -0.285. The largest absolute Gasteiger partial charge is 0.218 e. The molecule has 2 heteroatoms.